The number of hydrogen-bond donors (Lipinski definition) is 1. The molecule has 0 radical (unpaired) electrons. The minimum atomic E-state index is -3.73. The number of sulfone groups is 2. The zero-order valence-corrected chi connectivity index (χ0v) is 85.2. The van der Waals surface area contributed by atoms with Gasteiger partial charge in [-0.1, -0.05) is 169 Å². The number of fused-ring (bicyclic) bond motifs is 17. The van der Waals surface area contributed by atoms with E-state index in [1.165, 1.54) is 43.2 Å². The molecule has 5 heterocycles. The van der Waals surface area contributed by atoms with Crippen LogP contribution in [0.5, 0.6) is 23.0 Å². The summed E-state index contributed by atoms with van der Waals surface area (Å²) in [6.07, 6.45) is 5.35. The first-order valence-electron chi connectivity index (χ1n) is 48.3. The highest BCUT2D eigenvalue weighted by Crippen LogP contribution is 2.46. The van der Waals surface area contributed by atoms with Crippen molar-refractivity contribution in [3.05, 3.63) is 380 Å². The van der Waals surface area contributed by atoms with E-state index in [9.17, 15) is 55.2 Å². The molecule has 0 unspecified atom stereocenters. The average molecular weight is 2000 g/mol. The maximum atomic E-state index is 13.7. The lowest BCUT2D eigenvalue weighted by atomic mass is 9.89. The molecule has 21 nitrogen and oxygen atoms in total. The molecule has 1 N–H and O–H groups in total. The van der Waals surface area contributed by atoms with Crippen LogP contribution in [0.3, 0.4) is 0 Å². The molecule has 0 saturated heterocycles. The highest BCUT2D eigenvalue weighted by atomic mass is 32.2. The van der Waals surface area contributed by atoms with Gasteiger partial charge in [0.2, 0.25) is 23.6 Å². The summed E-state index contributed by atoms with van der Waals surface area (Å²) in [6, 6.07) is 92.0. The molecule has 0 spiro atoms. The van der Waals surface area contributed by atoms with E-state index in [0.717, 1.165) is 103 Å². The Bertz CT molecular complexity index is 7230. The Labute approximate surface area is 850 Å². The largest absolute Gasteiger partial charge is 0.497 e. The number of ketones is 4. The predicted octanol–water partition coefficient (Wildman–Crippen LogP) is 21.2. The third-order valence-corrected chi connectivity index (χ3v) is 33.7. The van der Waals surface area contributed by atoms with Crippen LogP contribution in [0.25, 0.3) is 27.6 Å². The number of carbonyl (C=O) groups excluding carboxylic acids is 8. The van der Waals surface area contributed by atoms with Gasteiger partial charge in [-0.2, -0.15) is 0 Å². The van der Waals surface area contributed by atoms with E-state index in [0.29, 0.717) is 83.4 Å². The fourth-order valence-corrected chi connectivity index (χ4v) is 25.7. The molecule has 0 fully saturated rings. The summed E-state index contributed by atoms with van der Waals surface area (Å²) in [6.45, 7) is 0. The second kappa shape index (κ2) is 45.1. The van der Waals surface area contributed by atoms with Gasteiger partial charge in [0, 0.05) is 165 Å². The van der Waals surface area contributed by atoms with Crippen LogP contribution >= 0.6 is 23.5 Å². The monoisotopic (exact) mass is 2000 g/mol. The fourth-order valence-electron chi connectivity index (χ4n) is 20.5. The van der Waals surface area contributed by atoms with E-state index in [-0.39, 0.29) is 113 Å². The maximum absolute atomic E-state index is 13.7. The first-order chi connectivity index (χ1) is 69.5. The van der Waals surface area contributed by atoms with E-state index >= 15 is 0 Å². The number of para-hydroxylation sites is 1. The molecule has 4 amide bonds. The van der Waals surface area contributed by atoms with Crippen molar-refractivity contribution in [1.29, 1.82) is 0 Å². The number of Topliss-reactive ketones (excluding diaryl/α,β-unsaturated/α-hetero) is 4. The molecule has 4 aliphatic heterocycles. The Morgan fingerprint density at radius 2 is 0.681 bits per heavy atom. The number of allylic oxidation sites excluding steroid dienone is 4. The zero-order valence-electron chi connectivity index (χ0n) is 81.9. The highest BCUT2D eigenvalue weighted by Gasteiger charge is 2.38. The van der Waals surface area contributed by atoms with Gasteiger partial charge in [-0.25, -0.2) is 16.8 Å². The number of aromatic amines is 1. The summed E-state index contributed by atoms with van der Waals surface area (Å²) >= 11 is 3.65. The number of rotatable bonds is 12. The predicted molar refractivity (Wildman–Crippen MR) is 571 cm³/mol. The molecule has 144 heavy (non-hydrogen) atoms. The Morgan fingerprint density at radius 3 is 1.15 bits per heavy atom. The molecule has 25 heteroatoms. The number of carbonyl (C=O) groups is 8. The number of ether oxygens (including phenoxy) is 4. The van der Waals surface area contributed by atoms with Crippen molar-refractivity contribution in [2.75, 3.05) is 87.7 Å². The van der Waals surface area contributed by atoms with Crippen LogP contribution in [0.15, 0.2) is 322 Å². The first kappa shape index (κ1) is 101. The maximum Gasteiger partial charge on any atom is 0.230 e. The molecule has 7 aliphatic rings. The van der Waals surface area contributed by atoms with Crippen LogP contribution in [0.2, 0.25) is 0 Å². The van der Waals surface area contributed by atoms with Gasteiger partial charge in [-0.15, -0.1) is 23.5 Å². The van der Waals surface area contributed by atoms with Gasteiger partial charge in [0.25, 0.3) is 0 Å². The summed E-state index contributed by atoms with van der Waals surface area (Å²) < 4.78 is 74.6. The van der Waals surface area contributed by atoms with Crippen molar-refractivity contribution in [3.63, 3.8) is 0 Å². The van der Waals surface area contributed by atoms with E-state index in [1.54, 1.807) is 161 Å². The number of hydrogen-bond acceptors (Lipinski definition) is 18. The van der Waals surface area contributed by atoms with Crippen LogP contribution in [-0.2, 0) is 121 Å². The minimum absolute atomic E-state index is 0.00253. The number of nitrogens with zero attached hydrogens (tertiary/aromatic N) is 4. The number of thioether (sulfide) groups is 2. The summed E-state index contributed by atoms with van der Waals surface area (Å²) in [4.78, 5) is 121. The number of H-pyrrole nitrogens is 1. The number of aromatic nitrogens is 1. The fraction of sp³-hybridized carbons (Fsp3) is 0.261. The van der Waals surface area contributed by atoms with Crippen LogP contribution in [0.4, 0.5) is 22.7 Å². The second-order valence-corrected chi connectivity index (χ2v) is 43.8. The summed E-state index contributed by atoms with van der Waals surface area (Å²) in [7, 11) is 6.02. The minimum Gasteiger partial charge on any atom is -0.497 e. The topological polar surface area (TPSA) is 271 Å². The van der Waals surface area contributed by atoms with Crippen molar-refractivity contribution in [2.45, 2.75) is 123 Å². The molecule has 0 saturated carbocycles. The molecule has 12 aromatic carbocycles. The van der Waals surface area contributed by atoms with Crippen LogP contribution < -0.4 is 38.5 Å². The first-order valence-corrected chi connectivity index (χ1v) is 53.6. The van der Waals surface area contributed by atoms with E-state index in [4.69, 9.17) is 18.9 Å². The number of amides is 4. The lowest BCUT2D eigenvalue weighted by molar-refractivity contribution is -0.127. The van der Waals surface area contributed by atoms with Gasteiger partial charge in [0.1, 0.15) is 51.2 Å². The Morgan fingerprint density at radius 1 is 0.319 bits per heavy atom. The van der Waals surface area contributed by atoms with Crippen molar-refractivity contribution >= 4 is 140 Å². The summed E-state index contributed by atoms with van der Waals surface area (Å²) in [5, 5.41) is 0.782. The van der Waals surface area contributed by atoms with Gasteiger partial charge >= 0.3 is 0 Å². The quantitative estimate of drug-likeness (QED) is 0.119. The number of benzene rings is 12. The Kier molecular flexibility index (Phi) is 31.7. The van der Waals surface area contributed by atoms with Gasteiger partial charge in [-0.3, -0.25) is 38.4 Å². The average Bonchev–Trinajstić information content (AvgIpc) is 1.57. The van der Waals surface area contributed by atoms with Gasteiger partial charge in [0.15, 0.2) is 19.7 Å². The molecular weight excluding hydrogens is 1880 g/mol. The normalized spacial score (nSPS) is 17.9. The smallest absolute Gasteiger partial charge is 0.230 e. The lowest BCUT2D eigenvalue weighted by Crippen LogP contribution is -2.35. The third kappa shape index (κ3) is 23.8. The van der Waals surface area contributed by atoms with Gasteiger partial charge in [-0.05, 0) is 260 Å². The molecular formula is C119H115N5O16S4. The van der Waals surface area contributed by atoms with E-state index in [1.807, 2.05) is 145 Å². The Balaban J connectivity index is 0.000000132. The molecule has 1 aromatic heterocycles. The molecule has 20 rings (SSSR count). The van der Waals surface area contributed by atoms with Crippen LogP contribution in [0.1, 0.15) is 117 Å². The molecule has 8 bridgehead atoms. The molecule has 3 aliphatic carbocycles. The van der Waals surface area contributed by atoms with Crippen molar-refractivity contribution in [2.24, 2.45) is 23.7 Å². The summed E-state index contributed by atoms with van der Waals surface area (Å²) in [5.74, 6) is 1.76. The van der Waals surface area contributed by atoms with Gasteiger partial charge in [0.05, 0.1) is 44.8 Å². The molecule has 13 aromatic rings. The van der Waals surface area contributed by atoms with Crippen molar-refractivity contribution in [3.8, 4) is 23.0 Å². The second-order valence-electron chi connectivity index (χ2n) is 37.7. The van der Waals surface area contributed by atoms with Crippen LogP contribution in [-0.4, -0.2) is 137 Å². The standard InChI is InChI=1S/C30H29NO5S.2C30H29NO3S.C29H28N2O5S/c1-31(24-10-12-26(36-2)13-11-24)30(33)22-14-20-6-5-8-27(15-20)37(34,35)19-23-16-21-7-3-4-9-28(21)29(23)18-25(32)17-22;1-31(24-10-12-26(34-2)13-11-24)30(33)23-15-20-6-5-7-21(14-20)19-35-29-17-22-8-3-4-9-27(22)28(29)18-25(32)16-23;1-31(24-10-12-26(34-2)13-11-24)30(33)22-14-20-6-5-8-27(15-20)35-19-23-16-21-7-3-4-9-28(21)29(23)18-25(32)17-22;1-31(22-10-12-24(36-2)13-11-22)29(33)21-15-19-6-5-7-20(14-19)18-37(34,35)28-26(17-23(32)16-21)25-8-3-4-9-27(25)30-28/h3-13,15,22H,14,16-19H2,1-2H3;3-14,23H,15-19H2,1-2H3;3-13,15,22H,14,16-19H2,1-2H3;3-14,21,30H,15-18H2,1-2H3/t22-;23-;22-;21-/m1111/s1. The SMILES string of the molecule is COc1ccc(N(C)C(=O)[C@H]2CC(=O)CC3=C(CSc4cccc(c4)C2)Cc2ccccc23)cc1.COc1ccc(N(C)C(=O)[C@H]2CC(=O)CC3=C(Cc4ccccc43)CS(=O)(=O)c3cccc(c3)C2)cc1.COc1ccc(N(C)C(=O)[C@H]2CC(=O)CC3=C(Cc4ccccc43)SCc3cccc(c3)C2)cc1.COc1ccc(N(C)C(=O)[C@H]2CC(=O)Cc3c([nH]c4ccccc34)S(=O)(=O)Cc3cccc(c3)C2)cc1. The Hall–Kier alpha value is -14.2. The number of anilines is 4. The zero-order chi connectivity index (χ0) is 101. The number of nitrogens with one attached hydrogen (secondary N) is 1. The van der Waals surface area contributed by atoms with Crippen molar-refractivity contribution in [1.82, 2.24) is 4.98 Å². The molecule has 4 atom stereocenters. The van der Waals surface area contributed by atoms with E-state index < -0.39 is 43.3 Å². The van der Waals surface area contributed by atoms with E-state index in [2.05, 4.69) is 89.9 Å². The third-order valence-electron chi connectivity index (χ3n) is 28.0. The van der Waals surface area contributed by atoms with Crippen molar-refractivity contribution < 1.29 is 74.1 Å². The highest BCUT2D eigenvalue weighted by molar-refractivity contribution is 8.02. The number of methoxy groups -OCH3 is 4. The molecule has 736 valence electrons. The van der Waals surface area contributed by atoms with Gasteiger partial charge < -0.3 is 43.5 Å². The summed E-state index contributed by atoms with van der Waals surface area (Å²) in [5.41, 5.74) is 21.8. The lowest BCUT2D eigenvalue weighted by Gasteiger charge is -2.24. The van der Waals surface area contributed by atoms with Crippen LogP contribution in [0, 0.1) is 23.7 Å².